The molecular formula is C13H25ClN2O3. The highest BCUT2D eigenvalue weighted by Gasteiger charge is 2.35. The molecular weight excluding hydrogens is 268 g/mol. The van der Waals surface area contributed by atoms with Crippen LogP contribution in [0.3, 0.4) is 0 Å². The van der Waals surface area contributed by atoms with Crippen LogP contribution in [0.5, 0.6) is 0 Å². The van der Waals surface area contributed by atoms with Crippen LogP contribution in [0.4, 0.5) is 0 Å². The molecule has 2 rings (SSSR count). The molecule has 2 fully saturated rings. The van der Waals surface area contributed by atoms with Crippen molar-refractivity contribution >= 4 is 18.3 Å². The summed E-state index contributed by atoms with van der Waals surface area (Å²) in [5.41, 5.74) is 5.79. The van der Waals surface area contributed by atoms with Crippen molar-refractivity contribution in [2.45, 2.75) is 50.4 Å². The van der Waals surface area contributed by atoms with Crippen LogP contribution in [0.1, 0.15) is 32.1 Å². The molecule has 0 bridgehead atoms. The van der Waals surface area contributed by atoms with Crippen LogP contribution in [0.15, 0.2) is 0 Å². The molecule has 2 N–H and O–H groups in total. The predicted molar refractivity (Wildman–Crippen MR) is 75.4 cm³/mol. The molecule has 5 nitrogen and oxygen atoms in total. The third-order valence-electron chi connectivity index (χ3n) is 4.01. The lowest BCUT2D eigenvalue weighted by Gasteiger charge is -2.40. The summed E-state index contributed by atoms with van der Waals surface area (Å²) < 4.78 is 10.9. The number of rotatable bonds is 3. The Morgan fingerprint density at radius 3 is 2.79 bits per heavy atom. The van der Waals surface area contributed by atoms with Crippen molar-refractivity contribution in [2.75, 3.05) is 26.8 Å². The van der Waals surface area contributed by atoms with Gasteiger partial charge in [0.1, 0.15) is 6.10 Å². The van der Waals surface area contributed by atoms with E-state index in [0.29, 0.717) is 13.2 Å². The first-order valence-corrected chi connectivity index (χ1v) is 6.91. The van der Waals surface area contributed by atoms with Gasteiger partial charge in [0.25, 0.3) is 5.91 Å². The lowest BCUT2D eigenvalue weighted by Crippen LogP contribution is -2.54. The average Bonchev–Trinajstić information content (AvgIpc) is 2.46. The van der Waals surface area contributed by atoms with E-state index in [2.05, 4.69) is 0 Å². The second-order valence-electron chi connectivity index (χ2n) is 5.16. The van der Waals surface area contributed by atoms with Crippen molar-refractivity contribution in [3.63, 3.8) is 0 Å². The summed E-state index contributed by atoms with van der Waals surface area (Å²) in [5.74, 6) is 0.125. The SMILES string of the molecule is COC1CCN(C(=O)C2CCCCO2)C(CN)C1.Cl. The van der Waals surface area contributed by atoms with Crippen LogP contribution < -0.4 is 5.73 Å². The summed E-state index contributed by atoms with van der Waals surface area (Å²) in [6.07, 6.45) is 4.72. The minimum absolute atomic E-state index is 0. The van der Waals surface area contributed by atoms with Gasteiger partial charge < -0.3 is 20.1 Å². The van der Waals surface area contributed by atoms with Gasteiger partial charge in [0.2, 0.25) is 0 Å². The molecule has 1 amide bonds. The Balaban J connectivity index is 0.00000180. The summed E-state index contributed by atoms with van der Waals surface area (Å²) in [7, 11) is 1.72. The molecule has 0 radical (unpaired) electrons. The third kappa shape index (κ3) is 4.05. The highest BCUT2D eigenvalue weighted by Crippen LogP contribution is 2.23. The number of hydrogen-bond acceptors (Lipinski definition) is 4. The van der Waals surface area contributed by atoms with E-state index >= 15 is 0 Å². The highest BCUT2D eigenvalue weighted by atomic mass is 35.5. The quantitative estimate of drug-likeness (QED) is 0.841. The van der Waals surface area contributed by atoms with Crippen molar-refractivity contribution < 1.29 is 14.3 Å². The summed E-state index contributed by atoms with van der Waals surface area (Å²) in [4.78, 5) is 14.3. The first-order chi connectivity index (χ1) is 8.76. The summed E-state index contributed by atoms with van der Waals surface area (Å²) in [6, 6.07) is 0.0988. The molecule has 19 heavy (non-hydrogen) atoms. The number of hydrogen-bond donors (Lipinski definition) is 1. The Morgan fingerprint density at radius 1 is 1.42 bits per heavy atom. The fraction of sp³-hybridized carbons (Fsp3) is 0.923. The molecule has 0 aliphatic carbocycles. The number of nitrogens with two attached hydrogens (primary N) is 1. The summed E-state index contributed by atoms with van der Waals surface area (Å²) in [5, 5.41) is 0. The van der Waals surface area contributed by atoms with E-state index in [0.717, 1.165) is 38.6 Å². The van der Waals surface area contributed by atoms with E-state index in [1.807, 2.05) is 4.90 Å². The van der Waals surface area contributed by atoms with Crippen molar-refractivity contribution in [1.82, 2.24) is 4.90 Å². The fourth-order valence-electron chi connectivity index (χ4n) is 2.86. The Morgan fingerprint density at radius 2 is 2.21 bits per heavy atom. The zero-order valence-corrected chi connectivity index (χ0v) is 12.4. The molecule has 0 aromatic carbocycles. The number of carbonyl (C=O) groups is 1. The topological polar surface area (TPSA) is 64.8 Å². The van der Waals surface area contributed by atoms with Gasteiger partial charge in [-0.1, -0.05) is 0 Å². The van der Waals surface area contributed by atoms with E-state index in [1.54, 1.807) is 7.11 Å². The molecule has 0 aromatic heterocycles. The Labute approximate surface area is 121 Å². The van der Waals surface area contributed by atoms with E-state index in [4.69, 9.17) is 15.2 Å². The molecule has 2 aliphatic heterocycles. The summed E-state index contributed by atoms with van der Waals surface area (Å²) in [6.45, 7) is 1.94. The maximum Gasteiger partial charge on any atom is 0.251 e. The lowest BCUT2D eigenvalue weighted by atomic mass is 9.97. The van der Waals surface area contributed by atoms with Gasteiger partial charge >= 0.3 is 0 Å². The van der Waals surface area contributed by atoms with E-state index in [1.165, 1.54) is 0 Å². The molecule has 0 saturated carbocycles. The minimum Gasteiger partial charge on any atom is -0.381 e. The molecule has 3 atom stereocenters. The number of ether oxygens (including phenoxy) is 2. The van der Waals surface area contributed by atoms with Gasteiger partial charge in [-0.15, -0.1) is 12.4 Å². The number of carbonyl (C=O) groups excluding carboxylic acids is 1. The van der Waals surface area contributed by atoms with Crippen LogP contribution in [0.2, 0.25) is 0 Å². The molecule has 6 heteroatoms. The van der Waals surface area contributed by atoms with Gasteiger partial charge in [-0.3, -0.25) is 4.79 Å². The number of piperidine rings is 1. The second-order valence-corrected chi connectivity index (χ2v) is 5.16. The number of amides is 1. The number of halogens is 1. The van der Waals surface area contributed by atoms with Crippen LogP contribution in [-0.2, 0) is 14.3 Å². The smallest absolute Gasteiger partial charge is 0.251 e. The Kier molecular flexibility index (Phi) is 7.07. The monoisotopic (exact) mass is 292 g/mol. The molecule has 0 spiro atoms. The Bertz CT molecular complexity index is 285. The molecule has 2 heterocycles. The van der Waals surface area contributed by atoms with Gasteiger partial charge in [0.05, 0.1) is 6.10 Å². The third-order valence-corrected chi connectivity index (χ3v) is 4.01. The van der Waals surface area contributed by atoms with Gasteiger partial charge in [-0.2, -0.15) is 0 Å². The van der Waals surface area contributed by atoms with Crippen LogP contribution >= 0.6 is 12.4 Å². The van der Waals surface area contributed by atoms with Crippen molar-refractivity contribution in [2.24, 2.45) is 5.73 Å². The number of nitrogens with zero attached hydrogens (tertiary/aromatic N) is 1. The standard InChI is InChI=1S/C13H24N2O3.ClH/c1-17-11-5-6-15(10(8-11)9-14)13(16)12-4-2-3-7-18-12;/h10-12H,2-9,14H2,1H3;1H. The zero-order valence-electron chi connectivity index (χ0n) is 11.5. The van der Waals surface area contributed by atoms with Crippen molar-refractivity contribution in [3.8, 4) is 0 Å². The zero-order chi connectivity index (χ0) is 13.0. The first kappa shape index (κ1) is 16.7. The average molecular weight is 293 g/mol. The normalized spacial score (nSPS) is 31.7. The van der Waals surface area contributed by atoms with Gasteiger partial charge in [-0.05, 0) is 32.1 Å². The molecule has 0 aromatic rings. The molecule has 112 valence electrons. The largest absolute Gasteiger partial charge is 0.381 e. The summed E-state index contributed by atoms with van der Waals surface area (Å²) >= 11 is 0. The van der Waals surface area contributed by atoms with Crippen molar-refractivity contribution in [3.05, 3.63) is 0 Å². The minimum atomic E-state index is -0.244. The van der Waals surface area contributed by atoms with Gasteiger partial charge in [-0.25, -0.2) is 0 Å². The van der Waals surface area contributed by atoms with Crippen molar-refractivity contribution in [1.29, 1.82) is 0 Å². The second kappa shape index (κ2) is 8.04. The number of methoxy groups -OCH3 is 1. The van der Waals surface area contributed by atoms with E-state index < -0.39 is 0 Å². The fourth-order valence-corrected chi connectivity index (χ4v) is 2.86. The maximum absolute atomic E-state index is 12.4. The number of likely N-dealkylation sites (tertiary alicyclic amines) is 1. The van der Waals surface area contributed by atoms with Crippen LogP contribution in [0.25, 0.3) is 0 Å². The van der Waals surface area contributed by atoms with Crippen LogP contribution in [-0.4, -0.2) is 55.9 Å². The maximum atomic E-state index is 12.4. The lowest BCUT2D eigenvalue weighted by molar-refractivity contribution is -0.152. The highest BCUT2D eigenvalue weighted by molar-refractivity contribution is 5.85. The van der Waals surface area contributed by atoms with E-state index in [-0.39, 0.29) is 36.6 Å². The molecule has 2 saturated heterocycles. The van der Waals surface area contributed by atoms with Crippen LogP contribution in [0, 0.1) is 0 Å². The van der Waals surface area contributed by atoms with Gasteiger partial charge in [0, 0.05) is 32.8 Å². The van der Waals surface area contributed by atoms with E-state index in [9.17, 15) is 4.79 Å². The predicted octanol–water partition coefficient (Wildman–Crippen LogP) is 0.942. The molecule has 2 aliphatic rings. The molecule has 3 unspecified atom stereocenters. The Hall–Kier alpha value is -0.360. The first-order valence-electron chi connectivity index (χ1n) is 6.91. The van der Waals surface area contributed by atoms with Gasteiger partial charge in [0.15, 0.2) is 0 Å².